The second-order valence-electron chi connectivity index (χ2n) is 7.86. The molecule has 1 saturated heterocycles. The SMILES string of the molecule is COc1ccc(-c2c(C)oc3c(C[NH+]4CCCCC4)c(O)ccc3c2=O)cc1OC. The van der Waals surface area contributed by atoms with E-state index in [0.717, 1.165) is 13.1 Å². The number of hydrogen-bond donors (Lipinski definition) is 2. The van der Waals surface area contributed by atoms with Gasteiger partial charge in [0.25, 0.3) is 0 Å². The smallest absolute Gasteiger partial charge is 0.200 e. The van der Waals surface area contributed by atoms with Crippen molar-refractivity contribution in [2.24, 2.45) is 0 Å². The van der Waals surface area contributed by atoms with Crippen molar-refractivity contribution >= 4 is 11.0 Å². The van der Waals surface area contributed by atoms with Crippen molar-refractivity contribution in [3.63, 3.8) is 0 Å². The van der Waals surface area contributed by atoms with E-state index < -0.39 is 0 Å². The van der Waals surface area contributed by atoms with Crippen LogP contribution in [0, 0.1) is 6.92 Å². The summed E-state index contributed by atoms with van der Waals surface area (Å²) in [4.78, 5) is 14.8. The fraction of sp³-hybridized carbons (Fsp3) is 0.375. The second kappa shape index (κ2) is 8.40. The fourth-order valence-corrected chi connectivity index (χ4v) is 4.39. The Labute approximate surface area is 175 Å². The summed E-state index contributed by atoms with van der Waals surface area (Å²) in [6, 6.07) is 8.63. The van der Waals surface area contributed by atoms with Gasteiger partial charge < -0.3 is 23.9 Å². The topological polar surface area (TPSA) is 73.3 Å². The second-order valence-corrected chi connectivity index (χ2v) is 7.86. The summed E-state index contributed by atoms with van der Waals surface area (Å²) in [5, 5.41) is 11.0. The monoisotopic (exact) mass is 410 g/mol. The quantitative estimate of drug-likeness (QED) is 0.676. The van der Waals surface area contributed by atoms with Gasteiger partial charge in [0.1, 0.15) is 18.1 Å². The van der Waals surface area contributed by atoms with Crippen LogP contribution in [0.5, 0.6) is 17.2 Å². The molecule has 1 aliphatic rings. The third kappa shape index (κ3) is 3.63. The van der Waals surface area contributed by atoms with Gasteiger partial charge in [0.2, 0.25) is 5.43 Å². The van der Waals surface area contributed by atoms with Crippen molar-refractivity contribution in [2.75, 3.05) is 27.3 Å². The lowest BCUT2D eigenvalue weighted by atomic mass is 10.00. The number of quaternary nitrogens is 1. The van der Waals surface area contributed by atoms with Crippen molar-refractivity contribution in [1.29, 1.82) is 0 Å². The Kier molecular flexibility index (Phi) is 5.68. The summed E-state index contributed by atoms with van der Waals surface area (Å²) in [6.45, 7) is 4.58. The molecule has 1 aliphatic heterocycles. The van der Waals surface area contributed by atoms with Gasteiger partial charge in [-0.25, -0.2) is 0 Å². The molecule has 0 saturated carbocycles. The van der Waals surface area contributed by atoms with Crippen molar-refractivity contribution in [2.45, 2.75) is 32.7 Å². The number of aryl methyl sites for hydroxylation is 1. The van der Waals surface area contributed by atoms with E-state index in [-0.39, 0.29) is 11.2 Å². The van der Waals surface area contributed by atoms with Gasteiger partial charge in [-0.2, -0.15) is 0 Å². The Morgan fingerprint density at radius 3 is 2.47 bits per heavy atom. The Hall–Kier alpha value is -2.99. The zero-order valence-electron chi connectivity index (χ0n) is 17.7. The van der Waals surface area contributed by atoms with Crippen LogP contribution in [0.15, 0.2) is 39.5 Å². The number of benzene rings is 2. The molecule has 0 aliphatic carbocycles. The highest BCUT2D eigenvalue weighted by Gasteiger charge is 2.22. The Bertz CT molecular complexity index is 1130. The van der Waals surface area contributed by atoms with Crippen molar-refractivity contribution in [3.05, 3.63) is 51.9 Å². The first kappa shape index (κ1) is 20.3. The van der Waals surface area contributed by atoms with Crippen LogP contribution in [0.1, 0.15) is 30.6 Å². The molecule has 3 aromatic rings. The molecule has 0 amide bonds. The summed E-state index contributed by atoms with van der Waals surface area (Å²) in [5.74, 6) is 1.84. The minimum Gasteiger partial charge on any atom is -0.507 e. The van der Waals surface area contributed by atoms with Crippen LogP contribution in [0.25, 0.3) is 22.1 Å². The van der Waals surface area contributed by atoms with Crippen molar-refractivity contribution < 1.29 is 23.9 Å². The highest BCUT2D eigenvalue weighted by molar-refractivity contribution is 5.86. The number of piperidine rings is 1. The van der Waals surface area contributed by atoms with E-state index in [1.165, 1.54) is 24.2 Å². The standard InChI is InChI=1S/C24H27NO5/c1-15-22(16-7-10-20(28-2)21(13-16)29-3)23(27)17-8-9-19(26)18(24(17)30-15)14-25-11-5-4-6-12-25/h7-10,13,26H,4-6,11-12,14H2,1-3H3/p+1. The summed E-state index contributed by atoms with van der Waals surface area (Å²) in [5.41, 5.74) is 2.28. The Morgan fingerprint density at radius 1 is 1.03 bits per heavy atom. The average molecular weight is 410 g/mol. The number of rotatable bonds is 5. The van der Waals surface area contributed by atoms with Gasteiger partial charge in [-0.1, -0.05) is 6.07 Å². The van der Waals surface area contributed by atoms with Gasteiger partial charge >= 0.3 is 0 Å². The van der Waals surface area contributed by atoms with Gasteiger partial charge in [-0.15, -0.1) is 0 Å². The molecule has 0 spiro atoms. The molecular weight excluding hydrogens is 382 g/mol. The first-order chi connectivity index (χ1) is 14.5. The predicted molar refractivity (Wildman–Crippen MR) is 116 cm³/mol. The molecule has 0 radical (unpaired) electrons. The van der Waals surface area contributed by atoms with Crippen LogP contribution in [-0.4, -0.2) is 32.4 Å². The minimum atomic E-state index is -0.115. The van der Waals surface area contributed by atoms with Gasteiger partial charge in [0.05, 0.1) is 43.8 Å². The predicted octanol–water partition coefficient (Wildman–Crippen LogP) is 3.06. The Balaban J connectivity index is 1.85. The summed E-state index contributed by atoms with van der Waals surface area (Å²) >= 11 is 0. The number of likely N-dealkylation sites (tertiary alicyclic amines) is 1. The van der Waals surface area contributed by atoms with E-state index in [1.54, 1.807) is 45.4 Å². The molecule has 6 nitrogen and oxygen atoms in total. The first-order valence-corrected chi connectivity index (χ1v) is 10.4. The lowest BCUT2D eigenvalue weighted by Gasteiger charge is -2.24. The number of fused-ring (bicyclic) bond motifs is 1. The zero-order chi connectivity index (χ0) is 21.3. The Morgan fingerprint density at radius 2 is 1.77 bits per heavy atom. The lowest BCUT2D eigenvalue weighted by molar-refractivity contribution is -0.918. The van der Waals surface area contributed by atoms with Gasteiger partial charge in [0.15, 0.2) is 17.1 Å². The molecule has 2 aromatic carbocycles. The maximum absolute atomic E-state index is 13.4. The molecule has 0 atom stereocenters. The summed E-state index contributed by atoms with van der Waals surface area (Å²) < 4.78 is 16.9. The maximum atomic E-state index is 13.4. The maximum Gasteiger partial charge on any atom is 0.200 e. The molecule has 2 N–H and O–H groups in total. The van der Waals surface area contributed by atoms with E-state index in [2.05, 4.69) is 0 Å². The normalized spacial score (nSPS) is 14.8. The summed E-state index contributed by atoms with van der Waals surface area (Å²) in [6.07, 6.45) is 3.63. The number of ether oxygens (including phenoxy) is 2. The highest BCUT2D eigenvalue weighted by Crippen LogP contribution is 2.34. The molecule has 6 heteroatoms. The third-order valence-corrected chi connectivity index (χ3v) is 5.97. The minimum absolute atomic E-state index is 0.115. The summed E-state index contributed by atoms with van der Waals surface area (Å²) in [7, 11) is 3.14. The van der Waals surface area contributed by atoms with Gasteiger partial charge in [-0.05, 0) is 56.0 Å². The molecule has 4 rings (SSSR count). The van der Waals surface area contributed by atoms with E-state index >= 15 is 0 Å². The van der Waals surface area contributed by atoms with Crippen LogP contribution >= 0.6 is 0 Å². The van der Waals surface area contributed by atoms with Crippen LogP contribution in [0.3, 0.4) is 0 Å². The van der Waals surface area contributed by atoms with Crippen molar-refractivity contribution in [3.8, 4) is 28.4 Å². The van der Waals surface area contributed by atoms with Crippen LogP contribution in [0.4, 0.5) is 0 Å². The van der Waals surface area contributed by atoms with Crippen LogP contribution < -0.4 is 19.8 Å². The largest absolute Gasteiger partial charge is 0.507 e. The number of aromatic hydroxyl groups is 1. The van der Waals surface area contributed by atoms with Crippen molar-refractivity contribution in [1.82, 2.24) is 0 Å². The van der Waals surface area contributed by atoms with E-state index in [4.69, 9.17) is 13.9 Å². The fourth-order valence-electron chi connectivity index (χ4n) is 4.39. The highest BCUT2D eigenvalue weighted by atomic mass is 16.5. The molecule has 0 bridgehead atoms. The molecule has 1 fully saturated rings. The number of phenols is 1. The third-order valence-electron chi connectivity index (χ3n) is 5.97. The van der Waals surface area contributed by atoms with E-state index in [1.807, 2.05) is 6.07 Å². The van der Waals surface area contributed by atoms with Gasteiger partial charge in [0, 0.05) is 0 Å². The lowest BCUT2D eigenvalue weighted by Crippen LogP contribution is -3.11. The number of methoxy groups -OCH3 is 2. The first-order valence-electron chi connectivity index (χ1n) is 10.4. The number of nitrogens with one attached hydrogen (secondary N) is 1. The van der Waals surface area contributed by atoms with E-state index in [9.17, 15) is 9.90 Å². The molecule has 1 aromatic heterocycles. The van der Waals surface area contributed by atoms with Gasteiger partial charge in [-0.3, -0.25) is 4.79 Å². The molecule has 0 unspecified atom stereocenters. The molecule has 2 heterocycles. The zero-order valence-corrected chi connectivity index (χ0v) is 17.7. The van der Waals surface area contributed by atoms with Crippen LogP contribution in [0.2, 0.25) is 0 Å². The number of phenolic OH excluding ortho intramolecular Hbond substituents is 1. The molecule has 158 valence electrons. The van der Waals surface area contributed by atoms with E-state index in [0.29, 0.717) is 51.5 Å². The molecule has 30 heavy (non-hydrogen) atoms. The average Bonchev–Trinajstić information content (AvgIpc) is 2.76. The molecular formula is C24H28NO5+. The van der Waals surface area contributed by atoms with Crippen LogP contribution in [-0.2, 0) is 6.54 Å². The number of hydrogen-bond acceptors (Lipinski definition) is 5.